The molecule has 92 valence electrons. The lowest BCUT2D eigenvalue weighted by molar-refractivity contribution is 0.160. The van der Waals surface area contributed by atoms with Gasteiger partial charge in [-0.05, 0) is 39.4 Å². The molecule has 0 aromatic carbocycles. The quantitative estimate of drug-likeness (QED) is 0.563. The lowest BCUT2D eigenvalue weighted by atomic mass is 10.2. The molecular formula is C12H28N2O. The summed E-state index contributed by atoms with van der Waals surface area (Å²) in [6.45, 7) is 8.62. The van der Waals surface area contributed by atoms with Crippen LogP contribution in [0.25, 0.3) is 0 Å². The molecule has 3 nitrogen and oxygen atoms in total. The molecule has 0 heterocycles. The minimum atomic E-state index is 0.703. The molecular weight excluding hydrogens is 188 g/mol. The zero-order chi connectivity index (χ0) is 11.5. The average Bonchev–Trinajstić information content (AvgIpc) is 2.26. The molecule has 0 aliphatic rings. The van der Waals surface area contributed by atoms with Crippen LogP contribution < -0.4 is 5.32 Å². The minimum Gasteiger partial charge on any atom is -0.383 e. The normalized spacial score (nSPS) is 11.6. The largest absolute Gasteiger partial charge is 0.383 e. The molecule has 0 bridgehead atoms. The van der Waals surface area contributed by atoms with Crippen LogP contribution in [0.2, 0.25) is 0 Å². The summed E-state index contributed by atoms with van der Waals surface area (Å²) in [6.07, 6.45) is 3.68. The van der Waals surface area contributed by atoms with Crippen molar-refractivity contribution < 1.29 is 4.74 Å². The number of hydrogen-bond donors (Lipinski definition) is 1. The van der Waals surface area contributed by atoms with Crippen LogP contribution in [-0.4, -0.2) is 51.3 Å². The molecule has 0 aromatic rings. The Hall–Kier alpha value is -0.120. The number of methoxy groups -OCH3 is 1. The molecule has 0 amide bonds. The van der Waals surface area contributed by atoms with Gasteiger partial charge in [-0.15, -0.1) is 0 Å². The highest BCUT2D eigenvalue weighted by atomic mass is 16.5. The molecule has 0 unspecified atom stereocenters. The molecule has 0 atom stereocenters. The Labute approximate surface area is 95.2 Å². The number of ether oxygens (including phenoxy) is 1. The number of hydrogen-bond acceptors (Lipinski definition) is 3. The lowest BCUT2D eigenvalue weighted by Crippen LogP contribution is -2.31. The number of nitrogens with zero attached hydrogens (tertiary/aromatic N) is 1. The smallest absolute Gasteiger partial charge is 0.0589 e. The molecule has 0 aromatic heterocycles. The van der Waals surface area contributed by atoms with Crippen molar-refractivity contribution in [2.75, 3.05) is 40.4 Å². The predicted molar refractivity (Wildman–Crippen MR) is 66.4 cm³/mol. The standard InChI is InChI=1S/C12H28N2O/c1-5-12(6-2)13-8-7-9-14(3)10-11-15-4/h12-13H,5-11H2,1-4H3. The van der Waals surface area contributed by atoms with Crippen molar-refractivity contribution in [2.45, 2.75) is 39.2 Å². The molecule has 0 radical (unpaired) electrons. The van der Waals surface area contributed by atoms with E-state index in [2.05, 4.69) is 31.1 Å². The van der Waals surface area contributed by atoms with E-state index in [-0.39, 0.29) is 0 Å². The molecule has 0 saturated heterocycles. The third kappa shape index (κ3) is 8.85. The number of rotatable bonds is 10. The average molecular weight is 216 g/mol. The Balaban J connectivity index is 3.29. The third-order valence-electron chi connectivity index (χ3n) is 2.81. The van der Waals surface area contributed by atoms with Gasteiger partial charge in [-0.1, -0.05) is 13.8 Å². The summed E-state index contributed by atoms with van der Waals surface area (Å²) < 4.78 is 5.03. The molecule has 0 rings (SSSR count). The van der Waals surface area contributed by atoms with Crippen LogP contribution in [0.4, 0.5) is 0 Å². The molecule has 15 heavy (non-hydrogen) atoms. The third-order valence-corrected chi connectivity index (χ3v) is 2.81. The van der Waals surface area contributed by atoms with Gasteiger partial charge in [-0.2, -0.15) is 0 Å². The van der Waals surface area contributed by atoms with Crippen molar-refractivity contribution >= 4 is 0 Å². The Morgan fingerprint density at radius 3 is 2.40 bits per heavy atom. The van der Waals surface area contributed by atoms with E-state index in [0.29, 0.717) is 6.04 Å². The van der Waals surface area contributed by atoms with Gasteiger partial charge in [0.05, 0.1) is 6.61 Å². The summed E-state index contributed by atoms with van der Waals surface area (Å²) in [4.78, 5) is 2.32. The Bertz CT molecular complexity index is 127. The Kier molecular flexibility index (Phi) is 10.3. The van der Waals surface area contributed by atoms with Crippen LogP contribution in [0.3, 0.4) is 0 Å². The summed E-state index contributed by atoms with van der Waals surface area (Å²) >= 11 is 0. The van der Waals surface area contributed by atoms with E-state index in [9.17, 15) is 0 Å². The predicted octanol–water partition coefficient (Wildman–Crippen LogP) is 1.73. The highest BCUT2D eigenvalue weighted by Gasteiger charge is 2.01. The topological polar surface area (TPSA) is 24.5 Å². The SMILES string of the molecule is CCC(CC)NCCCN(C)CCOC. The number of likely N-dealkylation sites (N-methyl/N-ethyl adjacent to an activating group) is 1. The van der Waals surface area contributed by atoms with E-state index >= 15 is 0 Å². The van der Waals surface area contributed by atoms with Crippen molar-refractivity contribution in [3.8, 4) is 0 Å². The van der Waals surface area contributed by atoms with E-state index in [0.717, 1.165) is 26.2 Å². The van der Waals surface area contributed by atoms with Crippen LogP contribution in [0.1, 0.15) is 33.1 Å². The van der Waals surface area contributed by atoms with Gasteiger partial charge in [-0.25, -0.2) is 0 Å². The van der Waals surface area contributed by atoms with E-state index < -0.39 is 0 Å². The van der Waals surface area contributed by atoms with Gasteiger partial charge in [0.2, 0.25) is 0 Å². The highest BCUT2D eigenvalue weighted by molar-refractivity contribution is 4.62. The van der Waals surface area contributed by atoms with E-state index in [4.69, 9.17) is 4.74 Å². The molecule has 0 aliphatic carbocycles. The molecule has 0 fully saturated rings. The van der Waals surface area contributed by atoms with Gasteiger partial charge in [-0.3, -0.25) is 0 Å². The maximum Gasteiger partial charge on any atom is 0.0589 e. The van der Waals surface area contributed by atoms with Gasteiger partial charge >= 0.3 is 0 Å². The Morgan fingerprint density at radius 1 is 1.20 bits per heavy atom. The van der Waals surface area contributed by atoms with Crippen LogP contribution in [-0.2, 0) is 4.74 Å². The summed E-state index contributed by atoms with van der Waals surface area (Å²) in [6, 6.07) is 0.703. The molecule has 1 N–H and O–H groups in total. The first-order valence-electron chi connectivity index (χ1n) is 6.15. The van der Waals surface area contributed by atoms with Crippen LogP contribution >= 0.6 is 0 Å². The molecule has 0 saturated carbocycles. The first kappa shape index (κ1) is 14.9. The first-order valence-corrected chi connectivity index (χ1v) is 6.15. The van der Waals surface area contributed by atoms with E-state index in [1.165, 1.54) is 19.3 Å². The second kappa shape index (κ2) is 10.4. The van der Waals surface area contributed by atoms with E-state index in [1.54, 1.807) is 7.11 Å². The van der Waals surface area contributed by atoms with Gasteiger partial charge in [0.15, 0.2) is 0 Å². The maximum absolute atomic E-state index is 5.03. The summed E-state index contributed by atoms with van der Waals surface area (Å²) in [5.41, 5.74) is 0. The van der Waals surface area contributed by atoms with Crippen LogP contribution in [0.15, 0.2) is 0 Å². The molecule has 0 spiro atoms. The minimum absolute atomic E-state index is 0.703. The fraction of sp³-hybridized carbons (Fsp3) is 1.00. The van der Waals surface area contributed by atoms with Crippen LogP contribution in [0.5, 0.6) is 0 Å². The lowest BCUT2D eigenvalue weighted by Gasteiger charge is -2.18. The fourth-order valence-electron chi connectivity index (χ4n) is 1.59. The first-order chi connectivity index (χ1) is 7.24. The molecule has 0 aliphatic heterocycles. The van der Waals surface area contributed by atoms with Gasteiger partial charge in [0.25, 0.3) is 0 Å². The van der Waals surface area contributed by atoms with Crippen LogP contribution in [0, 0.1) is 0 Å². The Morgan fingerprint density at radius 2 is 1.87 bits per heavy atom. The summed E-state index contributed by atoms with van der Waals surface area (Å²) in [5, 5.41) is 3.57. The van der Waals surface area contributed by atoms with Crippen molar-refractivity contribution in [2.24, 2.45) is 0 Å². The monoisotopic (exact) mass is 216 g/mol. The second-order valence-electron chi connectivity index (χ2n) is 4.12. The van der Waals surface area contributed by atoms with Crippen molar-refractivity contribution in [1.82, 2.24) is 10.2 Å². The van der Waals surface area contributed by atoms with Crippen molar-refractivity contribution in [1.29, 1.82) is 0 Å². The number of nitrogens with one attached hydrogen (secondary N) is 1. The van der Waals surface area contributed by atoms with Gasteiger partial charge in [0, 0.05) is 19.7 Å². The van der Waals surface area contributed by atoms with Gasteiger partial charge in [0.1, 0.15) is 0 Å². The van der Waals surface area contributed by atoms with E-state index in [1.807, 2.05) is 0 Å². The summed E-state index contributed by atoms with van der Waals surface area (Å²) in [5.74, 6) is 0. The van der Waals surface area contributed by atoms with Crippen molar-refractivity contribution in [3.05, 3.63) is 0 Å². The maximum atomic E-state index is 5.03. The fourth-order valence-corrected chi connectivity index (χ4v) is 1.59. The van der Waals surface area contributed by atoms with Crippen molar-refractivity contribution in [3.63, 3.8) is 0 Å². The highest BCUT2D eigenvalue weighted by Crippen LogP contribution is 1.96. The molecule has 3 heteroatoms. The second-order valence-corrected chi connectivity index (χ2v) is 4.12. The zero-order valence-electron chi connectivity index (χ0n) is 10.9. The zero-order valence-corrected chi connectivity index (χ0v) is 10.9. The van der Waals surface area contributed by atoms with Gasteiger partial charge < -0.3 is 15.0 Å². The summed E-state index contributed by atoms with van der Waals surface area (Å²) in [7, 11) is 3.90.